The lowest BCUT2D eigenvalue weighted by Gasteiger charge is -2.09. The molecule has 2 aromatic rings. The number of benzene rings is 1. The van der Waals surface area contributed by atoms with Crippen LogP contribution in [0.5, 0.6) is 0 Å². The van der Waals surface area contributed by atoms with Crippen LogP contribution in [0.4, 0.5) is 4.39 Å². The maximum atomic E-state index is 13.5. The summed E-state index contributed by atoms with van der Waals surface area (Å²) in [5.41, 5.74) is 1.99. The molecule has 1 amide bonds. The molecule has 110 valence electrons. The zero-order valence-electron chi connectivity index (χ0n) is 12.2. The van der Waals surface area contributed by atoms with E-state index in [0.717, 1.165) is 5.56 Å². The maximum Gasteiger partial charge on any atom is 0.251 e. The van der Waals surface area contributed by atoms with Crippen molar-refractivity contribution < 1.29 is 9.18 Å². The van der Waals surface area contributed by atoms with Crippen molar-refractivity contribution in [2.75, 3.05) is 0 Å². The summed E-state index contributed by atoms with van der Waals surface area (Å²) in [6.07, 6.45) is 1.55. The Hall–Kier alpha value is -2.43. The highest BCUT2D eigenvalue weighted by Gasteiger charge is 2.08. The molecule has 1 aromatic carbocycles. The van der Waals surface area contributed by atoms with Gasteiger partial charge in [0.1, 0.15) is 5.82 Å². The van der Waals surface area contributed by atoms with Crippen LogP contribution >= 0.6 is 0 Å². The Morgan fingerprint density at radius 1 is 1.24 bits per heavy atom. The minimum absolute atomic E-state index is 0.225. The van der Waals surface area contributed by atoms with Gasteiger partial charge in [0.05, 0.1) is 0 Å². The molecule has 0 aliphatic heterocycles. The van der Waals surface area contributed by atoms with Gasteiger partial charge in [-0.1, -0.05) is 12.1 Å². The molecule has 0 radical (unpaired) electrons. The third-order valence-electron chi connectivity index (χ3n) is 3.32. The number of nitrogens with one attached hydrogen (secondary N) is 1. The van der Waals surface area contributed by atoms with Gasteiger partial charge >= 0.3 is 0 Å². The molecule has 0 saturated heterocycles. The van der Waals surface area contributed by atoms with Crippen molar-refractivity contribution in [3.05, 3.63) is 68.9 Å². The zero-order chi connectivity index (χ0) is 15.6. The fraction of sp³-hybridized carbons (Fsp3) is 0.250. The third-order valence-corrected chi connectivity index (χ3v) is 3.32. The predicted octanol–water partition coefficient (Wildman–Crippen LogP) is 2.07. The first-order valence-electron chi connectivity index (χ1n) is 6.59. The van der Waals surface area contributed by atoms with Crippen LogP contribution < -0.4 is 10.9 Å². The molecule has 21 heavy (non-hydrogen) atoms. The summed E-state index contributed by atoms with van der Waals surface area (Å²) in [6.45, 7) is 3.67. The van der Waals surface area contributed by atoms with Crippen LogP contribution in [0.25, 0.3) is 0 Å². The highest BCUT2D eigenvalue weighted by Crippen LogP contribution is 2.14. The largest absolute Gasteiger partial charge is 0.348 e. The fourth-order valence-electron chi connectivity index (χ4n) is 2.11. The minimum Gasteiger partial charge on any atom is -0.348 e. The molecule has 0 aliphatic carbocycles. The number of carbonyl (C=O) groups excluding carboxylic acids is 1. The molecular weight excluding hydrogens is 271 g/mol. The standard InChI is InChI=1S/C16H17FN2O2/c1-10-6-12(7-11(2)15(10)17)9-18-16(21)13-4-5-19(3)14(20)8-13/h4-8H,9H2,1-3H3,(H,18,21). The number of hydrogen-bond donors (Lipinski definition) is 1. The lowest BCUT2D eigenvalue weighted by Crippen LogP contribution is -2.25. The van der Waals surface area contributed by atoms with Gasteiger partial charge in [-0.15, -0.1) is 0 Å². The van der Waals surface area contributed by atoms with E-state index in [1.807, 2.05) is 0 Å². The third kappa shape index (κ3) is 3.37. The summed E-state index contributed by atoms with van der Waals surface area (Å²) in [6, 6.07) is 6.27. The fourth-order valence-corrected chi connectivity index (χ4v) is 2.11. The van der Waals surface area contributed by atoms with E-state index >= 15 is 0 Å². The van der Waals surface area contributed by atoms with Gasteiger partial charge in [-0.2, -0.15) is 0 Å². The Kier molecular flexibility index (Phi) is 4.21. The first-order valence-corrected chi connectivity index (χ1v) is 6.59. The Labute approximate surface area is 122 Å². The second kappa shape index (κ2) is 5.91. The Balaban J connectivity index is 2.11. The van der Waals surface area contributed by atoms with Crippen molar-refractivity contribution in [2.24, 2.45) is 7.05 Å². The van der Waals surface area contributed by atoms with Gasteiger partial charge < -0.3 is 9.88 Å². The molecular formula is C16H17FN2O2. The van der Waals surface area contributed by atoms with Gasteiger partial charge in [-0.05, 0) is 36.6 Å². The van der Waals surface area contributed by atoms with Crippen molar-refractivity contribution >= 4 is 5.91 Å². The maximum absolute atomic E-state index is 13.5. The van der Waals surface area contributed by atoms with Crippen LogP contribution in [0.1, 0.15) is 27.0 Å². The molecule has 0 saturated carbocycles. The van der Waals surface area contributed by atoms with Crippen LogP contribution in [-0.4, -0.2) is 10.5 Å². The number of halogens is 1. The number of hydrogen-bond acceptors (Lipinski definition) is 2. The molecule has 5 heteroatoms. The summed E-state index contributed by atoms with van der Waals surface area (Å²) in [7, 11) is 1.62. The number of aromatic nitrogens is 1. The minimum atomic E-state index is -0.327. The summed E-state index contributed by atoms with van der Waals surface area (Å²) in [5.74, 6) is -0.552. The smallest absolute Gasteiger partial charge is 0.251 e. The van der Waals surface area contributed by atoms with Crippen molar-refractivity contribution in [3.63, 3.8) is 0 Å². The van der Waals surface area contributed by atoms with E-state index < -0.39 is 0 Å². The second-order valence-corrected chi connectivity index (χ2v) is 5.09. The molecule has 1 aromatic heterocycles. The number of pyridine rings is 1. The molecule has 4 nitrogen and oxygen atoms in total. The summed E-state index contributed by atoms with van der Waals surface area (Å²) >= 11 is 0. The number of amides is 1. The van der Waals surface area contributed by atoms with Crippen LogP contribution in [0, 0.1) is 19.7 Å². The molecule has 0 bridgehead atoms. The average molecular weight is 288 g/mol. The molecule has 0 aliphatic rings. The van der Waals surface area contributed by atoms with Crippen LogP contribution in [0.3, 0.4) is 0 Å². The number of rotatable bonds is 3. The quantitative estimate of drug-likeness (QED) is 0.940. The average Bonchev–Trinajstić information content (AvgIpc) is 2.44. The number of aryl methyl sites for hydroxylation is 3. The van der Waals surface area contributed by atoms with E-state index in [-0.39, 0.29) is 23.8 Å². The van der Waals surface area contributed by atoms with Crippen LogP contribution in [0.2, 0.25) is 0 Å². The first-order chi connectivity index (χ1) is 9.88. The van der Waals surface area contributed by atoms with Crippen molar-refractivity contribution in [2.45, 2.75) is 20.4 Å². The van der Waals surface area contributed by atoms with E-state index in [0.29, 0.717) is 16.7 Å². The molecule has 0 fully saturated rings. The summed E-state index contributed by atoms with van der Waals surface area (Å²) < 4.78 is 14.9. The van der Waals surface area contributed by atoms with E-state index in [1.54, 1.807) is 45.3 Å². The van der Waals surface area contributed by atoms with Crippen molar-refractivity contribution in [3.8, 4) is 0 Å². The van der Waals surface area contributed by atoms with E-state index in [9.17, 15) is 14.0 Å². The Bertz CT molecular complexity index is 727. The van der Waals surface area contributed by atoms with Crippen molar-refractivity contribution in [1.29, 1.82) is 0 Å². The predicted molar refractivity (Wildman–Crippen MR) is 78.7 cm³/mol. The normalized spacial score (nSPS) is 10.5. The highest BCUT2D eigenvalue weighted by molar-refractivity contribution is 5.93. The molecule has 1 heterocycles. The van der Waals surface area contributed by atoms with Gasteiger partial charge in [-0.3, -0.25) is 9.59 Å². The zero-order valence-corrected chi connectivity index (χ0v) is 12.2. The molecule has 0 atom stereocenters. The summed E-state index contributed by atoms with van der Waals surface area (Å²) in [4.78, 5) is 23.5. The summed E-state index contributed by atoms with van der Waals surface area (Å²) in [5, 5.41) is 2.73. The van der Waals surface area contributed by atoms with E-state index in [2.05, 4.69) is 5.32 Å². The topological polar surface area (TPSA) is 51.1 Å². The SMILES string of the molecule is Cc1cc(CNC(=O)c2ccn(C)c(=O)c2)cc(C)c1F. The second-order valence-electron chi connectivity index (χ2n) is 5.09. The number of nitrogens with zero attached hydrogens (tertiary/aromatic N) is 1. The van der Waals surface area contributed by atoms with Gasteiger partial charge in [-0.25, -0.2) is 4.39 Å². The number of carbonyl (C=O) groups is 1. The molecule has 1 N–H and O–H groups in total. The molecule has 0 spiro atoms. The van der Waals surface area contributed by atoms with Gasteiger partial charge in [0, 0.05) is 31.4 Å². The Morgan fingerprint density at radius 2 is 1.86 bits per heavy atom. The lowest BCUT2D eigenvalue weighted by atomic mass is 10.1. The van der Waals surface area contributed by atoms with Crippen molar-refractivity contribution in [1.82, 2.24) is 9.88 Å². The van der Waals surface area contributed by atoms with E-state index in [1.165, 1.54) is 10.6 Å². The molecule has 2 rings (SSSR count). The van der Waals surface area contributed by atoms with Gasteiger partial charge in [0.2, 0.25) is 0 Å². The molecule has 0 unspecified atom stereocenters. The van der Waals surface area contributed by atoms with E-state index in [4.69, 9.17) is 0 Å². The lowest BCUT2D eigenvalue weighted by molar-refractivity contribution is 0.0950. The highest BCUT2D eigenvalue weighted by atomic mass is 19.1. The Morgan fingerprint density at radius 3 is 2.43 bits per heavy atom. The first kappa shape index (κ1) is 15.0. The van der Waals surface area contributed by atoms with Gasteiger partial charge in [0.15, 0.2) is 0 Å². The van der Waals surface area contributed by atoms with Crippen LogP contribution in [-0.2, 0) is 13.6 Å². The van der Waals surface area contributed by atoms with Gasteiger partial charge in [0.25, 0.3) is 11.5 Å². The monoisotopic (exact) mass is 288 g/mol. The van der Waals surface area contributed by atoms with Crippen LogP contribution in [0.15, 0.2) is 35.3 Å².